The normalized spacial score (nSPS) is 46.3. The van der Waals surface area contributed by atoms with Gasteiger partial charge in [-0.1, -0.05) is 32.4 Å². The second-order valence-corrected chi connectivity index (χ2v) is 11.3. The molecule has 30 heavy (non-hydrogen) atoms. The summed E-state index contributed by atoms with van der Waals surface area (Å²) in [4.78, 5) is 11.7. The van der Waals surface area contributed by atoms with E-state index in [-0.39, 0.29) is 29.0 Å². The Labute approximate surface area is 182 Å². The zero-order valence-corrected chi connectivity index (χ0v) is 19.7. The van der Waals surface area contributed by atoms with Gasteiger partial charge in [-0.2, -0.15) is 0 Å². The fraction of sp³-hybridized carbons (Fsp3) is 0.885. The van der Waals surface area contributed by atoms with Crippen LogP contribution in [0.3, 0.4) is 0 Å². The van der Waals surface area contributed by atoms with E-state index in [1.54, 1.807) is 5.57 Å². The van der Waals surface area contributed by atoms with Gasteiger partial charge in [0.05, 0.1) is 19.3 Å². The van der Waals surface area contributed by atoms with Gasteiger partial charge in [-0.15, -0.1) is 0 Å². The summed E-state index contributed by atoms with van der Waals surface area (Å²) in [5, 5.41) is 10.3. The molecule has 0 spiro atoms. The van der Waals surface area contributed by atoms with E-state index in [2.05, 4.69) is 26.8 Å². The fourth-order valence-corrected chi connectivity index (χ4v) is 8.41. The maximum atomic E-state index is 11.7. The van der Waals surface area contributed by atoms with E-state index in [9.17, 15) is 9.90 Å². The summed E-state index contributed by atoms with van der Waals surface area (Å²) >= 11 is 0. The SMILES string of the molecule is COC(=O)CC[C@@H](C)[C@H]1CC[C@H]2[C@H]3CC[C@H]4C[C@H](O)CC[C@]4(C)C3=C[C@H](OC)[C@]12C. The molecule has 170 valence electrons. The molecule has 4 aliphatic carbocycles. The highest BCUT2D eigenvalue weighted by atomic mass is 16.5. The van der Waals surface area contributed by atoms with E-state index in [4.69, 9.17) is 9.47 Å². The van der Waals surface area contributed by atoms with Crippen molar-refractivity contribution < 1.29 is 19.4 Å². The largest absolute Gasteiger partial charge is 0.469 e. The minimum Gasteiger partial charge on any atom is -0.469 e. The third-order valence-electron chi connectivity index (χ3n) is 10.1. The summed E-state index contributed by atoms with van der Waals surface area (Å²) in [6.45, 7) is 7.28. The van der Waals surface area contributed by atoms with Crippen LogP contribution in [0.2, 0.25) is 0 Å². The van der Waals surface area contributed by atoms with Gasteiger partial charge < -0.3 is 14.6 Å². The molecule has 1 N–H and O–H groups in total. The standard InChI is InChI=1S/C26H42O4/c1-16(6-11-24(28)30-5)20-9-10-21-19-8-7-17-14-18(27)12-13-25(17,2)22(19)15-23(29-4)26(20,21)3/h15-21,23,27H,6-14H2,1-5H3/t16-,17+,18-,19-,20-,21+,23+,25+,26-/m1/s1. The minimum atomic E-state index is -0.112. The Morgan fingerprint density at radius 3 is 2.67 bits per heavy atom. The first-order valence-corrected chi connectivity index (χ1v) is 12.3. The molecule has 9 atom stereocenters. The smallest absolute Gasteiger partial charge is 0.305 e. The van der Waals surface area contributed by atoms with E-state index in [0.29, 0.717) is 36.0 Å². The van der Waals surface area contributed by atoms with Gasteiger partial charge in [0.25, 0.3) is 0 Å². The number of esters is 1. The van der Waals surface area contributed by atoms with Crippen molar-refractivity contribution in [2.45, 2.75) is 90.8 Å². The van der Waals surface area contributed by atoms with Crippen molar-refractivity contribution in [1.29, 1.82) is 0 Å². The van der Waals surface area contributed by atoms with Crippen molar-refractivity contribution in [3.05, 3.63) is 11.6 Å². The Bertz CT molecular complexity index is 687. The molecule has 0 saturated heterocycles. The highest BCUT2D eigenvalue weighted by Crippen LogP contribution is 2.66. The number of ether oxygens (including phenoxy) is 2. The number of carbonyl (C=O) groups is 1. The molecular formula is C26H42O4. The molecular weight excluding hydrogens is 376 g/mol. The van der Waals surface area contributed by atoms with Gasteiger partial charge in [0.1, 0.15) is 0 Å². The second kappa shape index (κ2) is 8.24. The molecule has 0 aromatic heterocycles. The molecule has 4 aliphatic rings. The number of hydrogen-bond donors (Lipinski definition) is 1. The van der Waals surface area contributed by atoms with E-state index in [0.717, 1.165) is 25.7 Å². The fourth-order valence-electron chi connectivity index (χ4n) is 8.41. The van der Waals surface area contributed by atoms with Crippen LogP contribution in [-0.4, -0.2) is 37.5 Å². The molecule has 4 rings (SSSR count). The molecule has 0 bridgehead atoms. The molecule has 0 radical (unpaired) electrons. The quantitative estimate of drug-likeness (QED) is 0.496. The zero-order chi connectivity index (χ0) is 21.7. The van der Waals surface area contributed by atoms with E-state index in [1.807, 2.05) is 7.11 Å². The zero-order valence-electron chi connectivity index (χ0n) is 19.7. The van der Waals surface area contributed by atoms with Gasteiger partial charge in [0.2, 0.25) is 0 Å². The number of rotatable bonds is 5. The number of hydrogen-bond acceptors (Lipinski definition) is 4. The minimum absolute atomic E-state index is 0.0959. The maximum absolute atomic E-state index is 11.7. The third-order valence-corrected chi connectivity index (χ3v) is 10.1. The van der Waals surface area contributed by atoms with Gasteiger partial charge in [0.15, 0.2) is 0 Å². The Morgan fingerprint density at radius 2 is 1.97 bits per heavy atom. The van der Waals surface area contributed by atoms with Gasteiger partial charge >= 0.3 is 5.97 Å². The van der Waals surface area contributed by atoms with Crippen LogP contribution in [0.15, 0.2) is 11.6 Å². The van der Waals surface area contributed by atoms with E-state index >= 15 is 0 Å². The Morgan fingerprint density at radius 1 is 1.20 bits per heavy atom. The van der Waals surface area contributed by atoms with Crippen LogP contribution in [0, 0.1) is 40.4 Å². The van der Waals surface area contributed by atoms with Crippen LogP contribution in [0.5, 0.6) is 0 Å². The van der Waals surface area contributed by atoms with Crippen LogP contribution < -0.4 is 0 Å². The predicted octanol–water partition coefficient (Wildman–Crippen LogP) is 5.14. The molecule has 0 unspecified atom stereocenters. The summed E-state index contributed by atoms with van der Waals surface area (Å²) in [7, 11) is 3.36. The van der Waals surface area contributed by atoms with Gasteiger partial charge in [-0.3, -0.25) is 4.79 Å². The Kier molecular flexibility index (Phi) is 6.13. The molecule has 3 saturated carbocycles. The van der Waals surface area contributed by atoms with Crippen molar-refractivity contribution in [3.63, 3.8) is 0 Å². The van der Waals surface area contributed by atoms with E-state index in [1.165, 1.54) is 32.8 Å². The van der Waals surface area contributed by atoms with E-state index < -0.39 is 0 Å². The topological polar surface area (TPSA) is 55.8 Å². The van der Waals surface area contributed by atoms with Crippen LogP contribution in [0.4, 0.5) is 0 Å². The first kappa shape index (κ1) is 22.3. The van der Waals surface area contributed by atoms with Crippen LogP contribution in [0.25, 0.3) is 0 Å². The number of fused-ring (bicyclic) bond motifs is 5. The van der Waals surface area contributed by atoms with Gasteiger partial charge in [-0.05, 0) is 86.4 Å². The molecule has 3 fully saturated rings. The Balaban J connectivity index is 1.63. The first-order valence-electron chi connectivity index (χ1n) is 12.3. The first-order chi connectivity index (χ1) is 14.3. The lowest BCUT2D eigenvalue weighted by molar-refractivity contribution is -0.141. The molecule has 0 heterocycles. The molecule has 0 amide bonds. The summed E-state index contributed by atoms with van der Waals surface area (Å²) in [6.07, 6.45) is 12.0. The summed E-state index contributed by atoms with van der Waals surface area (Å²) < 4.78 is 11.1. The lowest BCUT2D eigenvalue weighted by Gasteiger charge is -2.58. The molecule has 4 heteroatoms. The lowest BCUT2D eigenvalue weighted by atomic mass is 9.47. The highest BCUT2D eigenvalue weighted by molar-refractivity contribution is 5.69. The van der Waals surface area contributed by atoms with Crippen LogP contribution in [0.1, 0.15) is 78.6 Å². The number of aliphatic hydroxyl groups is 1. The summed E-state index contributed by atoms with van der Waals surface area (Å²) in [6, 6.07) is 0. The molecule has 0 aliphatic heterocycles. The second-order valence-electron chi connectivity index (χ2n) is 11.3. The van der Waals surface area contributed by atoms with Crippen molar-refractivity contribution in [3.8, 4) is 0 Å². The third kappa shape index (κ3) is 3.37. The highest BCUT2D eigenvalue weighted by Gasteiger charge is 2.61. The van der Waals surface area contributed by atoms with Crippen molar-refractivity contribution in [1.82, 2.24) is 0 Å². The summed E-state index contributed by atoms with van der Waals surface area (Å²) in [5.74, 6) is 2.91. The molecule has 0 aromatic rings. The monoisotopic (exact) mass is 418 g/mol. The van der Waals surface area contributed by atoms with Crippen LogP contribution >= 0.6 is 0 Å². The number of allylic oxidation sites excluding steroid dienone is 1. The Hall–Kier alpha value is -0.870. The maximum Gasteiger partial charge on any atom is 0.305 e. The van der Waals surface area contributed by atoms with Crippen molar-refractivity contribution >= 4 is 5.97 Å². The predicted molar refractivity (Wildman–Crippen MR) is 118 cm³/mol. The number of aliphatic hydroxyl groups excluding tert-OH is 1. The van der Waals surface area contributed by atoms with Gasteiger partial charge in [-0.25, -0.2) is 0 Å². The molecule has 4 nitrogen and oxygen atoms in total. The number of methoxy groups -OCH3 is 2. The van der Waals surface area contributed by atoms with Crippen molar-refractivity contribution in [2.75, 3.05) is 14.2 Å². The van der Waals surface area contributed by atoms with Gasteiger partial charge in [0, 0.05) is 18.9 Å². The van der Waals surface area contributed by atoms with Crippen molar-refractivity contribution in [2.24, 2.45) is 40.4 Å². The lowest BCUT2D eigenvalue weighted by Crippen LogP contribution is -2.53. The average molecular weight is 419 g/mol. The molecule has 0 aromatic carbocycles. The number of carbonyl (C=O) groups excluding carboxylic acids is 1. The van der Waals surface area contributed by atoms with Crippen LogP contribution in [-0.2, 0) is 14.3 Å². The summed E-state index contributed by atoms with van der Waals surface area (Å²) in [5.41, 5.74) is 2.02. The average Bonchev–Trinajstić information content (AvgIpc) is 3.09.